The molecule has 1 aliphatic heterocycles. The van der Waals surface area contributed by atoms with Crippen LogP contribution >= 0.6 is 0 Å². The fraction of sp³-hybridized carbons (Fsp3) is 0.231. The molecule has 1 aliphatic rings. The van der Waals surface area contributed by atoms with Gasteiger partial charge in [-0.3, -0.25) is 14.0 Å². The summed E-state index contributed by atoms with van der Waals surface area (Å²) < 4.78 is 64.9. The van der Waals surface area contributed by atoms with Crippen LogP contribution in [0.25, 0.3) is 17.0 Å². The number of hydrogen-bond acceptors (Lipinski definition) is 7. The van der Waals surface area contributed by atoms with Crippen molar-refractivity contribution in [2.75, 3.05) is 13.2 Å². The lowest BCUT2D eigenvalue weighted by Crippen LogP contribution is -2.53. The maximum absolute atomic E-state index is 14.8. The Kier molecular flexibility index (Phi) is 6.27. The number of fused-ring (bicyclic) bond motifs is 2. The van der Waals surface area contributed by atoms with Crippen molar-refractivity contribution in [2.24, 2.45) is 5.73 Å². The van der Waals surface area contributed by atoms with Crippen molar-refractivity contribution >= 4 is 23.9 Å². The van der Waals surface area contributed by atoms with Gasteiger partial charge in [-0.2, -0.15) is 13.2 Å². The predicted octanol–water partition coefficient (Wildman–Crippen LogP) is 2.49. The van der Waals surface area contributed by atoms with Crippen molar-refractivity contribution in [2.45, 2.75) is 23.9 Å². The second kappa shape index (κ2) is 9.39. The van der Waals surface area contributed by atoms with Crippen molar-refractivity contribution < 1.29 is 36.7 Å². The summed E-state index contributed by atoms with van der Waals surface area (Å²) in [5, 5.41) is 2.16. The van der Waals surface area contributed by atoms with Crippen LogP contribution < -0.4 is 15.8 Å². The Morgan fingerprint density at radius 2 is 1.95 bits per heavy atom. The van der Waals surface area contributed by atoms with E-state index in [9.17, 15) is 31.9 Å². The number of carbonyl (C=O) groups is 3. The second-order valence-corrected chi connectivity index (χ2v) is 9.43. The molecule has 0 saturated carbocycles. The molecule has 40 heavy (non-hydrogen) atoms. The first-order valence-electron chi connectivity index (χ1n) is 11.8. The minimum absolute atomic E-state index is 0.0269. The van der Waals surface area contributed by atoms with Gasteiger partial charge in [-0.15, -0.1) is 0 Å². The number of pyridine rings is 1. The van der Waals surface area contributed by atoms with Gasteiger partial charge in [0.05, 0.1) is 11.9 Å². The second-order valence-electron chi connectivity index (χ2n) is 9.43. The lowest BCUT2D eigenvalue weighted by molar-refractivity contribution is -0.186. The van der Waals surface area contributed by atoms with Gasteiger partial charge in [-0.05, 0) is 43.3 Å². The number of aromatic nitrogens is 4. The van der Waals surface area contributed by atoms with E-state index in [1.54, 1.807) is 0 Å². The van der Waals surface area contributed by atoms with E-state index in [4.69, 9.17) is 10.5 Å². The molecule has 5 rings (SSSR count). The van der Waals surface area contributed by atoms with Gasteiger partial charge in [0.15, 0.2) is 5.41 Å². The Bertz CT molecular complexity index is 1660. The average Bonchev–Trinajstić information content (AvgIpc) is 3.51. The minimum atomic E-state index is -5.26. The zero-order chi connectivity index (χ0) is 28.9. The van der Waals surface area contributed by atoms with E-state index >= 15 is 0 Å². The molecule has 2 amide bonds. The van der Waals surface area contributed by atoms with E-state index < -0.39 is 46.9 Å². The number of nitrogens with zero attached hydrogens (tertiary/aromatic N) is 4. The highest BCUT2D eigenvalue weighted by atomic mass is 19.4. The molecule has 14 heteroatoms. The number of rotatable bonds is 7. The number of amides is 2. The molecular formula is C26H20F4N6O4. The lowest BCUT2D eigenvalue weighted by atomic mass is 9.78. The molecule has 1 aromatic carbocycles. The van der Waals surface area contributed by atoms with Crippen molar-refractivity contribution in [3.05, 3.63) is 77.8 Å². The molecule has 0 saturated heterocycles. The monoisotopic (exact) mass is 556 g/mol. The molecule has 0 bridgehead atoms. The van der Waals surface area contributed by atoms with Crippen molar-refractivity contribution in [1.29, 1.82) is 0 Å². The summed E-state index contributed by atoms with van der Waals surface area (Å²) in [7, 11) is 0. The van der Waals surface area contributed by atoms with Crippen LogP contribution in [0.5, 0.6) is 5.75 Å². The molecule has 1 unspecified atom stereocenters. The Morgan fingerprint density at radius 1 is 1.23 bits per heavy atom. The maximum atomic E-state index is 14.8. The SMILES string of the molecule is C[C@]1(C(N)=O)COc2c1cc(C(C=O)(CNC(=O)c1cnc3ncccn13)C(F)(F)F)nc2-c1ccc(F)cc1. The maximum Gasteiger partial charge on any atom is 0.408 e. The van der Waals surface area contributed by atoms with Crippen LogP contribution in [0.15, 0.2) is 55.0 Å². The van der Waals surface area contributed by atoms with Gasteiger partial charge in [0.25, 0.3) is 5.91 Å². The minimum Gasteiger partial charge on any atom is -0.489 e. The van der Waals surface area contributed by atoms with Crippen molar-refractivity contribution in [3.8, 4) is 17.0 Å². The predicted molar refractivity (Wildman–Crippen MR) is 131 cm³/mol. The van der Waals surface area contributed by atoms with Crippen molar-refractivity contribution in [3.63, 3.8) is 0 Å². The van der Waals surface area contributed by atoms with E-state index in [0.29, 0.717) is 0 Å². The van der Waals surface area contributed by atoms with Gasteiger partial charge < -0.3 is 20.6 Å². The van der Waals surface area contributed by atoms with E-state index in [2.05, 4.69) is 20.3 Å². The first-order chi connectivity index (χ1) is 18.9. The number of carbonyl (C=O) groups excluding carboxylic acids is 3. The normalized spacial score (nSPS) is 18.0. The number of primary amides is 1. The summed E-state index contributed by atoms with van der Waals surface area (Å²) in [4.78, 5) is 49.7. The summed E-state index contributed by atoms with van der Waals surface area (Å²) >= 11 is 0. The molecule has 0 radical (unpaired) electrons. The van der Waals surface area contributed by atoms with E-state index in [0.717, 1.165) is 24.4 Å². The van der Waals surface area contributed by atoms with Crippen LogP contribution in [-0.2, 0) is 20.4 Å². The number of nitrogens with two attached hydrogens (primary N) is 1. The number of alkyl halides is 3. The number of nitrogens with one attached hydrogen (secondary N) is 1. The Morgan fingerprint density at radius 3 is 2.60 bits per heavy atom. The summed E-state index contributed by atoms with van der Waals surface area (Å²) in [6.07, 6.45) is -1.61. The highest BCUT2D eigenvalue weighted by Crippen LogP contribution is 2.48. The molecule has 0 fully saturated rings. The fourth-order valence-electron chi connectivity index (χ4n) is 4.43. The Balaban J connectivity index is 1.65. The first kappa shape index (κ1) is 26.7. The van der Waals surface area contributed by atoms with Gasteiger partial charge in [0.1, 0.15) is 41.3 Å². The third-order valence-electron chi connectivity index (χ3n) is 6.95. The van der Waals surface area contributed by atoms with Crippen LogP contribution in [0.4, 0.5) is 17.6 Å². The topological polar surface area (TPSA) is 142 Å². The van der Waals surface area contributed by atoms with Crippen LogP contribution in [0.2, 0.25) is 0 Å². The summed E-state index contributed by atoms with van der Waals surface area (Å²) in [5.41, 5.74) is -0.291. The van der Waals surface area contributed by atoms with Crippen LogP contribution in [-0.4, -0.2) is 56.8 Å². The average molecular weight is 556 g/mol. The number of aldehydes is 1. The van der Waals surface area contributed by atoms with Crippen LogP contribution in [0.3, 0.4) is 0 Å². The van der Waals surface area contributed by atoms with Crippen LogP contribution in [0, 0.1) is 5.82 Å². The van der Waals surface area contributed by atoms with Crippen molar-refractivity contribution in [1.82, 2.24) is 24.7 Å². The zero-order valence-electron chi connectivity index (χ0n) is 20.7. The molecule has 3 aromatic heterocycles. The third kappa shape index (κ3) is 4.12. The molecule has 10 nitrogen and oxygen atoms in total. The summed E-state index contributed by atoms with van der Waals surface area (Å²) in [6, 6.07) is 7.11. The van der Waals surface area contributed by atoms with E-state index in [-0.39, 0.29) is 46.9 Å². The number of hydrogen-bond donors (Lipinski definition) is 2. The van der Waals surface area contributed by atoms with E-state index in [1.807, 2.05) is 0 Å². The molecular weight excluding hydrogens is 536 g/mol. The molecule has 0 spiro atoms. The standard InChI is InChI=1S/C26H20F4N6O4/c1-24(22(31)39)13-40-20-16(24)9-18(35-19(20)14-3-5-15(27)6-4-14)25(12-37,26(28,29)30)11-34-21(38)17-10-33-23-32-7-2-8-36(17)23/h2-10,12H,11,13H2,1H3,(H2,31,39)(H,34,38)/t24-,25?/m0/s1. The van der Waals surface area contributed by atoms with Gasteiger partial charge in [-0.25, -0.2) is 19.3 Å². The molecule has 206 valence electrons. The lowest BCUT2D eigenvalue weighted by Gasteiger charge is -2.31. The highest BCUT2D eigenvalue weighted by Gasteiger charge is 2.59. The summed E-state index contributed by atoms with van der Waals surface area (Å²) in [5.74, 6) is -2.34. The molecule has 3 N–H and O–H groups in total. The Hall–Kier alpha value is -4.88. The van der Waals surface area contributed by atoms with Gasteiger partial charge in [0, 0.05) is 30.1 Å². The molecule has 4 aromatic rings. The third-order valence-corrected chi connectivity index (χ3v) is 6.95. The Labute approximate surface area is 223 Å². The first-order valence-corrected chi connectivity index (χ1v) is 11.8. The molecule has 4 heterocycles. The smallest absolute Gasteiger partial charge is 0.408 e. The zero-order valence-corrected chi connectivity index (χ0v) is 20.7. The summed E-state index contributed by atoms with van der Waals surface area (Å²) in [6.45, 7) is -0.151. The van der Waals surface area contributed by atoms with Gasteiger partial charge in [-0.1, -0.05) is 0 Å². The number of halogens is 4. The largest absolute Gasteiger partial charge is 0.489 e. The quantitative estimate of drug-likeness (QED) is 0.263. The highest BCUT2D eigenvalue weighted by molar-refractivity contribution is 5.94. The van der Waals surface area contributed by atoms with Gasteiger partial charge in [0.2, 0.25) is 11.7 Å². The fourth-order valence-corrected chi connectivity index (χ4v) is 4.43. The number of imidazole rings is 1. The molecule has 0 aliphatic carbocycles. The van der Waals surface area contributed by atoms with Crippen LogP contribution in [0.1, 0.15) is 28.7 Å². The number of benzene rings is 1. The van der Waals surface area contributed by atoms with Gasteiger partial charge >= 0.3 is 6.18 Å². The van der Waals surface area contributed by atoms with E-state index in [1.165, 1.54) is 41.9 Å². The number of ether oxygens (including phenoxy) is 1. The molecule has 2 atom stereocenters.